The fraction of sp³-hybridized carbons (Fsp3) is 0.286. The smallest absolute Gasteiger partial charge is 0.328 e. The number of carbonyl (C=O) groups is 1. The third kappa shape index (κ3) is 6.14. The number of carbonyl (C=O) groups excluding carboxylic acids is 1. The molecule has 0 spiro atoms. The van der Waals surface area contributed by atoms with E-state index in [9.17, 15) is 13.2 Å². The highest BCUT2D eigenvalue weighted by Crippen LogP contribution is 2.39. The highest BCUT2D eigenvalue weighted by atomic mass is 35.5. The molecule has 1 aliphatic heterocycles. The lowest BCUT2D eigenvalue weighted by Crippen LogP contribution is -2.39. The summed E-state index contributed by atoms with van der Waals surface area (Å²) < 4.78 is 27.5. The van der Waals surface area contributed by atoms with Gasteiger partial charge in [0, 0.05) is 23.6 Å². The van der Waals surface area contributed by atoms with E-state index in [4.69, 9.17) is 16.7 Å². The fourth-order valence-corrected chi connectivity index (χ4v) is 5.60. The summed E-state index contributed by atoms with van der Waals surface area (Å²) in [5.41, 5.74) is 5.99. The summed E-state index contributed by atoms with van der Waals surface area (Å²) in [4.78, 5) is 12.0. The summed E-state index contributed by atoms with van der Waals surface area (Å²) in [6.07, 6.45) is 2.32. The Kier molecular flexibility index (Phi) is 8.19. The molecule has 194 valence electrons. The molecular formula is C28H31ClN4O3S. The second-order valence-electron chi connectivity index (χ2n) is 9.16. The van der Waals surface area contributed by atoms with Gasteiger partial charge in [0.2, 0.25) is 0 Å². The van der Waals surface area contributed by atoms with Gasteiger partial charge in [0.1, 0.15) is 0 Å². The predicted octanol–water partition coefficient (Wildman–Crippen LogP) is 6.10. The third-order valence-electron chi connectivity index (χ3n) is 6.32. The van der Waals surface area contributed by atoms with Gasteiger partial charge in [-0.15, -0.1) is 0 Å². The van der Waals surface area contributed by atoms with E-state index < -0.39 is 16.1 Å². The lowest BCUT2D eigenvalue weighted by atomic mass is 9.95. The van der Waals surface area contributed by atoms with Gasteiger partial charge in [-0.2, -0.15) is 5.10 Å². The molecule has 0 aliphatic carbocycles. The van der Waals surface area contributed by atoms with E-state index in [1.165, 1.54) is 17.7 Å². The Bertz CT molecular complexity index is 1420. The Hall–Kier alpha value is -3.36. The number of rotatable bonds is 8. The predicted molar refractivity (Wildman–Crippen MR) is 149 cm³/mol. The molecule has 37 heavy (non-hydrogen) atoms. The molecule has 0 saturated heterocycles. The van der Waals surface area contributed by atoms with Gasteiger partial charge in [0.05, 0.1) is 22.3 Å². The maximum absolute atomic E-state index is 12.7. The van der Waals surface area contributed by atoms with Gasteiger partial charge >= 0.3 is 6.03 Å². The van der Waals surface area contributed by atoms with E-state index in [2.05, 4.69) is 42.1 Å². The fourth-order valence-electron chi connectivity index (χ4n) is 4.41. The van der Waals surface area contributed by atoms with Crippen molar-refractivity contribution in [3.05, 3.63) is 94.0 Å². The van der Waals surface area contributed by atoms with Gasteiger partial charge in [0.15, 0.2) is 0 Å². The molecule has 3 aromatic carbocycles. The highest BCUT2D eigenvalue weighted by Gasteiger charge is 2.32. The van der Waals surface area contributed by atoms with Gasteiger partial charge in [-0.25, -0.2) is 17.9 Å². The SMILES string of the molecule is CCCCNC(=O)NS(=O)(=O)c1ccc(N2N=C(c3ccc(C)cc3C)CC2c2ccccc2Cl)cc1. The maximum atomic E-state index is 12.7. The van der Waals surface area contributed by atoms with Crippen LogP contribution in [0.1, 0.15) is 54.5 Å². The first kappa shape index (κ1) is 26.7. The molecule has 1 heterocycles. The number of urea groups is 1. The van der Waals surface area contributed by atoms with Gasteiger partial charge in [-0.1, -0.05) is 66.9 Å². The van der Waals surface area contributed by atoms with E-state index in [1.807, 2.05) is 36.2 Å². The molecule has 0 aromatic heterocycles. The topological polar surface area (TPSA) is 90.9 Å². The van der Waals surface area contributed by atoms with Crippen LogP contribution in [-0.4, -0.2) is 26.7 Å². The van der Waals surface area contributed by atoms with Crippen LogP contribution in [0.25, 0.3) is 0 Å². The summed E-state index contributed by atoms with van der Waals surface area (Å²) in [6, 6.07) is 19.4. The first-order chi connectivity index (χ1) is 17.7. The van der Waals surface area contributed by atoms with Gasteiger partial charge in [-0.05, 0) is 61.7 Å². The average Bonchev–Trinajstić information content (AvgIpc) is 3.29. The zero-order valence-corrected chi connectivity index (χ0v) is 22.7. The van der Waals surface area contributed by atoms with Crippen LogP contribution in [0.4, 0.5) is 10.5 Å². The Labute approximate surface area is 223 Å². The molecule has 0 bridgehead atoms. The molecule has 0 saturated carbocycles. The molecule has 1 aliphatic rings. The minimum atomic E-state index is -4.01. The summed E-state index contributed by atoms with van der Waals surface area (Å²) in [7, 11) is -4.01. The van der Waals surface area contributed by atoms with E-state index in [0.29, 0.717) is 18.0 Å². The summed E-state index contributed by atoms with van der Waals surface area (Å²) in [5.74, 6) is 0. The number of hydrazone groups is 1. The van der Waals surface area contributed by atoms with Crippen molar-refractivity contribution in [1.82, 2.24) is 10.0 Å². The minimum absolute atomic E-state index is 0.00559. The quantitative estimate of drug-likeness (QED) is 0.339. The highest BCUT2D eigenvalue weighted by molar-refractivity contribution is 7.90. The third-order valence-corrected chi connectivity index (χ3v) is 8.01. The van der Waals surface area contributed by atoms with Crippen LogP contribution in [0.5, 0.6) is 0 Å². The zero-order valence-electron chi connectivity index (χ0n) is 21.2. The van der Waals surface area contributed by atoms with Crippen molar-refractivity contribution in [3.8, 4) is 0 Å². The van der Waals surface area contributed by atoms with Crippen LogP contribution in [0.15, 0.2) is 76.7 Å². The number of anilines is 1. The first-order valence-corrected chi connectivity index (χ1v) is 14.1. The molecule has 0 radical (unpaired) electrons. The maximum Gasteiger partial charge on any atom is 0.328 e. The Morgan fingerprint density at radius 3 is 2.49 bits per heavy atom. The van der Waals surface area contributed by atoms with Crippen molar-refractivity contribution in [2.75, 3.05) is 11.6 Å². The normalized spacial score (nSPS) is 15.4. The van der Waals surface area contributed by atoms with Crippen molar-refractivity contribution in [1.29, 1.82) is 0 Å². The number of halogens is 1. The van der Waals surface area contributed by atoms with Crippen LogP contribution >= 0.6 is 11.6 Å². The Balaban J connectivity index is 1.64. The molecular weight excluding hydrogens is 508 g/mol. The number of nitrogens with zero attached hydrogens (tertiary/aromatic N) is 2. The lowest BCUT2D eigenvalue weighted by Gasteiger charge is -2.25. The number of hydrogen-bond acceptors (Lipinski definition) is 5. The van der Waals surface area contributed by atoms with E-state index in [1.54, 1.807) is 12.1 Å². The van der Waals surface area contributed by atoms with Crippen molar-refractivity contribution < 1.29 is 13.2 Å². The van der Waals surface area contributed by atoms with Crippen molar-refractivity contribution in [2.45, 2.75) is 51.0 Å². The number of sulfonamides is 1. The summed E-state index contributed by atoms with van der Waals surface area (Å²) >= 11 is 6.58. The number of hydrogen-bond donors (Lipinski definition) is 2. The van der Waals surface area contributed by atoms with Gasteiger partial charge in [-0.3, -0.25) is 5.01 Å². The Morgan fingerprint density at radius 2 is 1.81 bits per heavy atom. The van der Waals surface area contributed by atoms with Crippen LogP contribution in [0.2, 0.25) is 5.02 Å². The van der Waals surface area contributed by atoms with Crippen LogP contribution < -0.4 is 15.0 Å². The van der Waals surface area contributed by atoms with E-state index in [0.717, 1.165) is 40.9 Å². The molecule has 3 aromatic rings. The van der Waals surface area contributed by atoms with E-state index in [-0.39, 0.29) is 10.9 Å². The molecule has 2 amide bonds. The van der Waals surface area contributed by atoms with Crippen molar-refractivity contribution >= 4 is 39.1 Å². The molecule has 7 nitrogen and oxygen atoms in total. The number of unbranched alkanes of at least 4 members (excludes halogenated alkanes) is 1. The molecule has 2 N–H and O–H groups in total. The molecule has 0 fully saturated rings. The molecule has 1 unspecified atom stereocenters. The molecule has 4 rings (SSSR count). The van der Waals surface area contributed by atoms with E-state index >= 15 is 0 Å². The van der Waals surface area contributed by atoms with Crippen molar-refractivity contribution in [2.24, 2.45) is 5.10 Å². The number of amides is 2. The van der Waals surface area contributed by atoms with Crippen LogP contribution in [0, 0.1) is 13.8 Å². The summed E-state index contributed by atoms with van der Waals surface area (Å²) in [6.45, 7) is 6.54. The zero-order chi connectivity index (χ0) is 26.6. The second-order valence-corrected chi connectivity index (χ2v) is 11.2. The van der Waals surface area contributed by atoms with Crippen LogP contribution in [0.3, 0.4) is 0 Å². The largest absolute Gasteiger partial charge is 0.337 e. The van der Waals surface area contributed by atoms with Crippen LogP contribution in [-0.2, 0) is 10.0 Å². The lowest BCUT2D eigenvalue weighted by molar-refractivity contribution is 0.245. The second kappa shape index (κ2) is 11.4. The van der Waals surface area contributed by atoms with Gasteiger partial charge in [0.25, 0.3) is 10.0 Å². The standard InChI is InChI=1S/C28H31ClN4O3S/c1-4-5-16-30-28(34)32-37(35,36)22-13-11-21(12-14-22)33-27(24-8-6-7-9-25(24)29)18-26(31-33)23-15-10-19(2)17-20(23)3/h6-15,17,27H,4-5,16,18H2,1-3H3,(H2,30,32,34). The molecule has 1 atom stereocenters. The first-order valence-electron chi connectivity index (χ1n) is 12.3. The number of benzene rings is 3. The minimum Gasteiger partial charge on any atom is -0.337 e. The average molecular weight is 539 g/mol. The Morgan fingerprint density at radius 1 is 1.08 bits per heavy atom. The van der Waals surface area contributed by atoms with Gasteiger partial charge < -0.3 is 5.32 Å². The molecule has 9 heteroatoms. The summed E-state index contributed by atoms with van der Waals surface area (Å²) in [5, 5.41) is 10.0. The number of aryl methyl sites for hydroxylation is 2. The van der Waals surface area contributed by atoms with Crippen molar-refractivity contribution in [3.63, 3.8) is 0 Å². The number of nitrogens with one attached hydrogen (secondary N) is 2. The monoisotopic (exact) mass is 538 g/mol.